The summed E-state index contributed by atoms with van der Waals surface area (Å²) in [5.41, 5.74) is 6.02. The van der Waals surface area contributed by atoms with Crippen molar-refractivity contribution in [3.8, 4) is 0 Å². The minimum absolute atomic E-state index is 0.127. The van der Waals surface area contributed by atoms with Crippen LogP contribution in [0.1, 0.15) is 28.8 Å². The maximum atomic E-state index is 11.0. The normalized spacial score (nSPS) is 11.4. The first-order valence-corrected chi connectivity index (χ1v) is 8.09. The van der Waals surface area contributed by atoms with Gasteiger partial charge < -0.3 is 20.8 Å². The number of aliphatic imine (C=N–C) groups is 1. The number of nitrogens with two attached hydrogens (primary N) is 1. The van der Waals surface area contributed by atoms with Gasteiger partial charge >= 0.3 is 0 Å². The van der Waals surface area contributed by atoms with Crippen molar-refractivity contribution in [3.05, 3.63) is 57.5 Å². The third-order valence-corrected chi connectivity index (χ3v) is 3.69. The van der Waals surface area contributed by atoms with Crippen molar-refractivity contribution in [2.24, 2.45) is 10.7 Å². The van der Waals surface area contributed by atoms with Crippen LogP contribution in [0, 0.1) is 0 Å². The number of halogens is 2. The van der Waals surface area contributed by atoms with E-state index in [1.54, 1.807) is 18.2 Å². The van der Waals surface area contributed by atoms with Crippen molar-refractivity contribution in [1.82, 2.24) is 10.6 Å². The number of nitrogens with zero attached hydrogens (tertiary/aromatic N) is 1. The molecule has 8 heteroatoms. The zero-order valence-corrected chi connectivity index (χ0v) is 14.6. The van der Waals surface area contributed by atoms with Crippen LogP contribution in [-0.4, -0.2) is 18.4 Å². The highest BCUT2D eigenvalue weighted by Crippen LogP contribution is 2.21. The Balaban J connectivity index is 2.00. The molecule has 1 heterocycles. The van der Waals surface area contributed by atoms with E-state index < -0.39 is 5.91 Å². The highest BCUT2D eigenvalue weighted by Gasteiger charge is 2.08. The molecule has 0 aliphatic rings. The highest BCUT2D eigenvalue weighted by atomic mass is 35.5. The van der Waals surface area contributed by atoms with E-state index in [9.17, 15) is 4.79 Å². The molecule has 1 amide bonds. The molecule has 2 rings (SSSR count). The summed E-state index contributed by atoms with van der Waals surface area (Å²) in [7, 11) is 0. The van der Waals surface area contributed by atoms with Crippen LogP contribution in [0.4, 0.5) is 0 Å². The molecule has 0 atom stereocenters. The molecule has 6 nitrogen and oxygen atoms in total. The molecule has 128 valence electrons. The first-order valence-electron chi connectivity index (χ1n) is 7.34. The van der Waals surface area contributed by atoms with Gasteiger partial charge in [-0.2, -0.15) is 0 Å². The Labute approximate surface area is 150 Å². The van der Waals surface area contributed by atoms with Crippen LogP contribution in [-0.2, 0) is 13.1 Å². The van der Waals surface area contributed by atoms with Gasteiger partial charge in [-0.15, -0.1) is 0 Å². The predicted octanol–water partition coefficient (Wildman–Crippen LogP) is 2.94. The molecule has 0 fully saturated rings. The van der Waals surface area contributed by atoms with Crippen molar-refractivity contribution in [1.29, 1.82) is 0 Å². The first-order chi connectivity index (χ1) is 11.5. The Morgan fingerprint density at radius 2 is 2.04 bits per heavy atom. The minimum Gasteiger partial charge on any atom is -0.454 e. The second-order valence-electron chi connectivity index (χ2n) is 4.91. The molecule has 4 N–H and O–H groups in total. The Morgan fingerprint density at radius 3 is 2.67 bits per heavy atom. The quantitative estimate of drug-likeness (QED) is 0.539. The average molecular weight is 369 g/mol. The lowest BCUT2D eigenvalue weighted by Gasteiger charge is -2.10. The van der Waals surface area contributed by atoms with Gasteiger partial charge in [-0.3, -0.25) is 4.79 Å². The standard InChI is InChI=1S/C16H18Cl2N4O2/c1-2-20-16(21-8-10-3-4-11(17)7-13(10)18)22-9-12-5-6-14(24-12)15(19)23/h3-7H,2,8-9H2,1H3,(H2,19,23)(H2,20,21,22). The number of primary amides is 1. The monoisotopic (exact) mass is 368 g/mol. The molecule has 1 aromatic carbocycles. The smallest absolute Gasteiger partial charge is 0.284 e. The van der Waals surface area contributed by atoms with Gasteiger partial charge in [0.1, 0.15) is 5.76 Å². The van der Waals surface area contributed by atoms with E-state index in [2.05, 4.69) is 15.6 Å². The van der Waals surface area contributed by atoms with Gasteiger partial charge in [0.05, 0.1) is 13.1 Å². The van der Waals surface area contributed by atoms with Crippen LogP contribution in [0.3, 0.4) is 0 Å². The predicted molar refractivity (Wildman–Crippen MR) is 95.3 cm³/mol. The van der Waals surface area contributed by atoms with E-state index in [1.807, 2.05) is 13.0 Å². The molecule has 0 saturated heterocycles. The fourth-order valence-corrected chi connectivity index (χ4v) is 2.40. The fraction of sp³-hybridized carbons (Fsp3) is 0.250. The summed E-state index contributed by atoms with van der Waals surface area (Å²) < 4.78 is 5.31. The zero-order chi connectivity index (χ0) is 17.5. The lowest BCUT2D eigenvalue weighted by Crippen LogP contribution is -2.36. The first kappa shape index (κ1) is 18.2. The number of carbonyl (C=O) groups excluding carboxylic acids is 1. The SMILES string of the molecule is CCNC(=NCc1ccc(Cl)cc1Cl)NCc1ccc(C(N)=O)o1. The molecule has 1 aromatic heterocycles. The van der Waals surface area contributed by atoms with Crippen molar-refractivity contribution in [2.75, 3.05) is 6.54 Å². The summed E-state index contributed by atoms with van der Waals surface area (Å²) in [6.07, 6.45) is 0. The molecule has 0 aliphatic carbocycles. The van der Waals surface area contributed by atoms with Crippen LogP contribution in [0.5, 0.6) is 0 Å². The number of hydrogen-bond acceptors (Lipinski definition) is 3. The number of guanidine groups is 1. The van der Waals surface area contributed by atoms with Crippen molar-refractivity contribution >= 4 is 35.1 Å². The summed E-state index contributed by atoms with van der Waals surface area (Å²) in [6, 6.07) is 8.52. The number of furan rings is 1. The second kappa shape index (κ2) is 8.61. The second-order valence-corrected chi connectivity index (χ2v) is 5.76. The third kappa shape index (κ3) is 5.18. The Hall–Kier alpha value is -2.18. The number of hydrogen-bond donors (Lipinski definition) is 3. The average Bonchev–Trinajstić information content (AvgIpc) is 3.00. The van der Waals surface area contributed by atoms with Crippen LogP contribution < -0.4 is 16.4 Å². The Kier molecular flexibility index (Phi) is 6.52. The molecule has 0 bridgehead atoms. The van der Waals surface area contributed by atoms with Gasteiger partial charge in [0, 0.05) is 16.6 Å². The molecular formula is C16H18Cl2N4O2. The molecule has 2 aromatic rings. The van der Waals surface area contributed by atoms with Gasteiger partial charge in [-0.1, -0.05) is 29.3 Å². The molecule has 0 saturated carbocycles. The molecule has 0 spiro atoms. The third-order valence-electron chi connectivity index (χ3n) is 3.10. The van der Waals surface area contributed by atoms with Crippen LogP contribution >= 0.6 is 23.2 Å². The van der Waals surface area contributed by atoms with E-state index in [4.69, 9.17) is 33.4 Å². The topological polar surface area (TPSA) is 92.6 Å². The molecule has 0 radical (unpaired) electrons. The van der Waals surface area contributed by atoms with E-state index in [0.717, 1.165) is 5.56 Å². The molecule has 0 aliphatic heterocycles. The molecule has 0 unspecified atom stereocenters. The van der Waals surface area contributed by atoms with Gasteiger partial charge in [0.25, 0.3) is 5.91 Å². The summed E-state index contributed by atoms with van der Waals surface area (Å²) in [5, 5.41) is 7.39. The van der Waals surface area contributed by atoms with Gasteiger partial charge in [-0.05, 0) is 36.8 Å². The van der Waals surface area contributed by atoms with Gasteiger partial charge in [0.2, 0.25) is 0 Å². The Morgan fingerprint density at radius 1 is 1.25 bits per heavy atom. The van der Waals surface area contributed by atoms with E-state index in [1.165, 1.54) is 6.07 Å². The maximum Gasteiger partial charge on any atom is 0.284 e. The van der Waals surface area contributed by atoms with Crippen molar-refractivity contribution < 1.29 is 9.21 Å². The van der Waals surface area contributed by atoms with Gasteiger partial charge in [0.15, 0.2) is 11.7 Å². The highest BCUT2D eigenvalue weighted by molar-refractivity contribution is 6.35. The van der Waals surface area contributed by atoms with E-state index in [-0.39, 0.29) is 5.76 Å². The van der Waals surface area contributed by atoms with Crippen LogP contribution in [0.2, 0.25) is 10.0 Å². The summed E-state index contributed by atoms with van der Waals surface area (Å²) in [5.74, 6) is 0.709. The maximum absolute atomic E-state index is 11.0. The fourth-order valence-electron chi connectivity index (χ4n) is 1.93. The largest absolute Gasteiger partial charge is 0.454 e. The Bertz CT molecular complexity index is 743. The zero-order valence-electron chi connectivity index (χ0n) is 13.1. The summed E-state index contributed by atoms with van der Waals surface area (Å²) >= 11 is 12.0. The van der Waals surface area contributed by atoms with Crippen molar-refractivity contribution in [2.45, 2.75) is 20.0 Å². The number of carbonyl (C=O) groups is 1. The number of rotatable bonds is 6. The number of benzene rings is 1. The van der Waals surface area contributed by atoms with Crippen molar-refractivity contribution in [3.63, 3.8) is 0 Å². The van der Waals surface area contributed by atoms with Crippen LogP contribution in [0.15, 0.2) is 39.7 Å². The van der Waals surface area contributed by atoms with E-state index >= 15 is 0 Å². The van der Waals surface area contributed by atoms with E-state index in [0.29, 0.717) is 41.4 Å². The van der Waals surface area contributed by atoms with Gasteiger partial charge in [-0.25, -0.2) is 4.99 Å². The van der Waals surface area contributed by atoms with Crippen LogP contribution in [0.25, 0.3) is 0 Å². The summed E-state index contributed by atoms with van der Waals surface area (Å²) in [6.45, 7) is 3.43. The lowest BCUT2D eigenvalue weighted by molar-refractivity contribution is 0.0972. The lowest BCUT2D eigenvalue weighted by atomic mass is 10.2. The minimum atomic E-state index is -0.598. The number of amides is 1. The summed E-state index contributed by atoms with van der Waals surface area (Å²) in [4.78, 5) is 15.5. The molecular weight excluding hydrogens is 351 g/mol. The molecule has 24 heavy (non-hydrogen) atoms. The number of nitrogens with one attached hydrogen (secondary N) is 2.